The standard InChI is InChI=1S/C14H21NO3/c16-12(17)10-14(8-4-5-9-14)15-13(18)11-6-2-1-3-7-11/h1-2,11H,3-10H2,(H,15,18)(H,16,17). The molecule has 0 saturated heterocycles. The second kappa shape index (κ2) is 5.55. The molecule has 1 unspecified atom stereocenters. The molecule has 2 aliphatic carbocycles. The minimum Gasteiger partial charge on any atom is -0.481 e. The van der Waals surface area contributed by atoms with E-state index in [2.05, 4.69) is 11.4 Å². The maximum absolute atomic E-state index is 12.2. The van der Waals surface area contributed by atoms with Gasteiger partial charge in [-0.05, 0) is 32.1 Å². The lowest BCUT2D eigenvalue weighted by Crippen LogP contribution is -2.50. The van der Waals surface area contributed by atoms with Crippen molar-refractivity contribution in [1.82, 2.24) is 5.32 Å². The predicted molar refractivity (Wildman–Crippen MR) is 68.1 cm³/mol. The Morgan fingerprint density at radius 3 is 2.56 bits per heavy atom. The van der Waals surface area contributed by atoms with Crippen LogP contribution in [0.15, 0.2) is 12.2 Å². The van der Waals surface area contributed by atoms with Gasteiger partial charge in [-0.2, -0.15) is 0 Å². The van der Waals surface area contributed by atoms with E-state index in [1.165, 1.54) is 0 Å². The first-order valence-electron chi connectivity index (χ1n) is 6.80. The highest BCUT2D eigenvalue weighted by Gasteiger charge is 2.38. The first-order valence-corrected chi connectivity index (χ1v) is 6.80. The Balaban J connectivity index is 1.98. The second-order valence-electron chi connectivity index (χ2n) is 5.53. The smallest absolute Gasteiger partial charge is 0.305 e. The van der Waals surface area contributed by atoms with E-state index in [0.29, 0.717) is 0 Å². The number of nitrogens with one attached hydrogen (secondary N) is 1. The van der Waals surface area contributed by atoms with Gasteiger partial charge in [0.25, 0.3) is 0 Å². The van der Waals surface area contributed by atoms with Crippen LogP contribution in [-0.2, 0) is 9.59 Å². The fourth-order valence-corrected chi connectivity index (χ4v) is 3.08. The zero-order valence-corrected chi connectivity index (χ0v) is 10.7. The number of carboxylic acid groups (broad SMARTS) is 1. The van der Waals surface area contributed by atoms with E-state index in [-0.39, 0.29) is 18.2 Å². The van der Waals surface area contributed by atoms with E-state index in [4.69, 9.17) is 5.11 Å². The fourth-order valence-electron chi connectivity index (χ4n) is 3.08. The molecule has 0 bridgehead atoms. The molecule has 1 amide bonds. The third-order valence-corrected chi connectivity index (χ3v) is 4.08. The van der Waals surface area contributed by atoms with Crippen LogP contribution >= 0.6 is 0 Å². The van der Waals surface area contributed by atoms with Crippen molar-refractivity contribution in [1.29, 1.82) is 0 Å². The molecule has 0 aliphatic heterocycles. The van der Waals surface area contributed by atoms with Crippen LogP contribution in [0, 0.1) is 5.92 Å². The topological polar surface area (TPSA) is 66.4 Å². The van der Waals surface area contributed by atoms with Gasteiger partial charge in [0.05, 0.1) is 12.0 Å². The van der Waals surface area contributed by atoms with Crippen molar-refractivity contribution in [2.45, 2.75) is 56.9 Å². The number of aliphatic carboxylic acids is 1. The molecule has 0 aromatic heterocycles. The summed E-state index contributed by atoms with van der Waals surface area (Å²) in [6.07, 6.45) is 10.4. The Morgan fingerprint density at radius 1 is 1.28 bits per heavy atom. The first-order chi connectivity index (χ1) is 8.61. The minimum absolute atomic E-state index is 0.0290. The molecule has 4 nitrogen and oxygen atoms in total. The molecule has 2 N–H and O–H groups in total. The number of allylic oxidation sites excluding steroid dienone is 2. The SMILES string of the molecule is O=C(O)CC1(NC(=O)C2CC=CCC2)CCCC1. The summed E-state index contributed by atoms with van der Waals surface area (Å²) in [5.74, 6) is -0.746. The van der Waals surface area contributed by atoms with E-state index in [9.17, 15) is 9.59 Å². The van der Waals surface area contributed by atoms with Crippen molar-refractivity contribution in [2.24, 2.45) is 5.92 Å². The van der Waals surface area contributed by atoms with Gasteiger partial charge < -0.3 is 10.4 Å². The summed E-state index contributed by atoms with van der Waals surface area (Å²) in [5.41, 5.74) is -0.482. The number of carbonyl (C=O) groups excluding carboxylic acids is 1. The zero-order chi connectivity index (χ0) is 13.0. The third kappa shape index (κ3) is 3.12. The third-order valence-electron chi connectivity index (χ3n) is 4.08. The molecule has 2 rings (SSSR count). The number of hydrogen-bond donors (Lipinski definition) is 2. The van der Waals surface area contributed by atoms with Gasteiger partial charge in [-0.25, -0.2) is 0 Å². The van der Waals surface area contributed by atoms with Crippen molar-refractivity contribution >= 4 is 11.9 Å². The molecular weight excluding hydrogens is 230 g/mol. The summed E-state index contributed by atoms with van der Waals surface area (Å²) in [7, 11) is 0. The molecule has 0 heterocycles. The van der Waals surface area contributed by atoms with E-state index in [0.717, 1.165) is 44.9 Å². The monoisotopic (exact) mass is 251 g/mol. The molecule has 0 aromatic carbocycles. The predicted octanol–water partition coefficient (Wildman–Crippen LogP) is 2.25. The lowest BCUT2D eigenvalue weighted by molar-refractivity contribution is -0.139. The Bertz CT molecular complexity index is 356. The van der Waals surface area contributed by atoms with E-state index < -0.39 is 11.5 Å². The summed E-state index contributed by atoms with van der Waals surface area (Å²) < 4.78 is 0. The number of hydrogen-bond acceptors (Lipinski definition) is 2. The molecule has 0 aromatic rings. The number of carboxylic acids is 1. The van der Waals surface area contributed by atoms with Gasteiger partial charge in [-0.3, -0.25) is 9.59 Å². The Morgan fingerprint density at radius 2 is 2.00 bits per heavy atom. The molecule has 4 heteroatoms. The second-order valence-corrected chi connectivity index (χ2v) is 5.53. The van der Waals surface area contributed by atoms with Crippen molar-refractivity contribution in [3.8, 4) is 0 Å². The van der Waals surface area contributed by atoms with Gasteiger partial charge in [0.2, 0.25) is 5.91 Å². The van der Waals surface area contributed by atoms with Crippen molar-refractivity contribution in [2.75, 3.05) is 0 Å². The fraction of sp³-hybridized carbons (Fsp3) is 0.714. The van der Waals surface area contributed by atoms with Gasteiger partial charge in [-0.1, -0.05) is 25.0 Å². The first kappa shape index (κ1) is 13.1. The highest BCUT2D eigenvalue weighted by Crippen LogP contribution is 2.33. The molecule has 100 valence electrons. The summed E-state index contributed by atoms with van der Waals surface area (Å²) in [6.45, 7) is 0. The zero-order valence-electron chi connectivity index (χ0n) is 10.7. The highest BCUT2D eigenvalue weighted by molar-refractivity contribution is 5.81. The molecule has 1 atom stereocenters. The average molecular weight is 251 g/mol. The van der Waals surface area contributed by atoms with Crippen molar-refractivity contribution in [3.63, 3.8) is 0 Å². The van der Waals surface area contributed by atoms with Crippen LogP contribution < -0.4 is 5.32 Å². The summed E-state index contributed by atoms with van der Waals surface area (Å²) >= 11 is 0. The van der Waals surface area contributed by atoms with Crippen LogP contribution in [0.1, 0.15) is 51.4 Å². The van der Waals surface area contributed by atoms with Gasteiger partial charge in [-0.15, -0.1) is 0 Å². The van der Waals surface area contributed by atoms with Gasteiger partial charge >= 0.3 is 5.97 Å². The molecule has 2 aliphatic rings. The highest BCUT2D eigenvalue weighted by atomic mass is 16.4. The molecule has 1 fully saturated rings. The Hall–Kier alpha value is -1.32. The van der Waals surface area contributed by atoms with Gasteiger partial charge in [0, 0.05) is 5.92 Å². The lowest BCUT2D eigenvalue weighted by Gasteiger charge is -2.31. The van der Waals surface area contributed by atoms with Crippen LogP contribution in [0.5, 0.6) is 0 Å². The van der Waals surface area contributed by atoms with Crippen LogP contribution in [-0.4, -0.2) is 22.5 Å². The van der Waals surface area contributed by atoms with Crippen LogP contribution in [0.25, 0.3) is 0 Å². The van der Waals surface area contributed by atoms with Gasteiger partial charge in [0.15, 0.2) is 0 Å². The van der Waals surface area contributed by atoms with Crippen LogP contribution in [0.4, 0.5) is 0 Å². The normalized spacial score (nSPS) is 25.9. The largest absolute Gasteiger partial charge is 0.481 e. The van der Waals surface area contributed by atoms with Crippen molar-refractivity contribution in [3.05, 3.63) is 12.2 Å². The molecule has 0 radical (unpaired) electrons. The maximum atomic E-state index is 12.2. The number of carbonyl (C=O) groups is 2. The Labute approximate surface area is 107 Å². The van der Waals surface area contributed by atoms with Crippen LogP contribution in [0.2, 0.25) is 0 Å². The molecule has 0 spiro atoms. The quantitative estimate of drug-likeness (QED) is 0.753. The number of rotatable bonds is 4. The minimum atomic E-state index is -0.819. The maximum Gasteiger partial charge on any atom is 0.305 e. The van der Waals surface area contributed by atoms with Crippen molar-refractivity contribution < 1.29 is 14.7 Å². The van der Waals surface area contributed by atoms with Crippen LogP contribution in [0.3, 0.4) is 0 Å². The summed E-state index contributed by atoms with van der Waals surface area (Å²) in [4.78, 5) is 23.2. The molecular formula is C14H21NO3. The Kier molecular flexibility index (Phi) is 4.04. The number of amides is 1. The van der Waals surface area contributed by atoms with Gasteiger partial charge in [0.1, 0.15) is 0 Å². The van der Waals surface area contributed by atoms with E-state index >= 15 is 0 Å². The lowest BCUT2D eigenvalue weighted by atomic mass is 9.89. The summed E-state index contributed by atoms with van der Waals surface area (Å²) in [5, 5.41) is 12.0. The molecule has 18 heavy (non-hydrogen) atoms. The van der Waals surface area contributed by atoms with E-state index in [1.54, 1.807) is 0 Å². The average Bonchev–Trinajstić information content (AvgIpc) is 2.77. The summed E-state index contributed by atoms with van der Waals surface area (Å²) in [6, 6.07) is 0. The van der Waals surface area contributed by atoms with E-state index in [1.807, 2.05) is 6.08 Å². The molecule has 1 saturated carbocycles.